The molecule has 136 heavy (non-hydrogen) atoms. The molecule has 0 saturated heterocycles. The lowest BCUT2D eigenvalue weighted by molar-refractivity contribution is -0.125. The molecule has 0 fully saturated rings. The van der Waals surface area contributed by atoms with Gasteiger partial charge in [-0.25, -0.2) is 24.0 Å². The van der Waals surface area contributed by atoms with E-state index in [1.165, 1.54) is 95.6 Å². The van der Waals surface area contributed by atoms with Crippen molar-refractivity contribution in [1.82, 2.24) is 0 Å². The fourth-order valence-electron chi connectivity index (χ4n) is 16.6. The Morgan fingerprint density at radius 3 is 0.912 bits per heavy atom. The number of carboxylic acid groups (broad SMARTS) is 5. The lowest BCUT2D eigenvalue weighted by Gasteiger charge is -2.28. The van der Waals surface area contributed by atoms with Crippen molar-refractivity contribution in [3.63, 3.8) is 0 Å². The van der Waals surface area contributed by atoms with Gasteiger partial charge in [-0.1, -0.05) is 237 Å². The lowest BCUT2D eigenvalue weighted by atomic mass is 9.77. The summed E-state index contributed by atoms with van der Waals surface area (Å²) in [7, 11) is 0. The minimum absolute atomic E-state index is 0.0257. The normalized spacial score (nSPS) is 14.5. The van der Waals surface area contributed by atoms with Gasteiger partial charge in [0.15, 0.2) is 11.5 Å². The zero-order chi connectivity index (χ0) is 95.5. The molecule has 20 rings (SSSR count). The quantitative estimate of drug-likeness (QED) is 0.0339. The zero-order valence-corrected chi connectivity index (χ0v) is 80.8. The van der Waals surface area contributed by atoms with Crippen LogP contribution in [0.1, 0.15) is 109 Å². The number of para-hydroxylation sites is 2. The first-order valence-corrected chi connectivity index (χ1v) is 49.5. The van der Waals surface area contributed by atoms with Gasteiger partial charge in [0, 0.05) is 68.7 Å². The van der Waals surface area contributed by atoms with Gasteiger partial charge in [0.1, 0.15) is 34.4 Å². The van der Waals surface area contributed by atoms with Crippen molar-refractivity contribution in [3.05, 3.63) is 366 Å². The molecule has 0 bridgehead atoms. The van der Waals surface area contributed by atoms with E-state index < -0.39 is 41.9 Å². The second-order valence-corrected chi connectivity index (χ2v) is 39.6. The number of anilines is 5. The third kappa shape index (κ3) is 22.3. The van der Waals surface area contributed by atoms with E-state index in [2.05, 4.69) is 70.6 Å². The van der Waals surface area contributed by atoms with Crippen LogP contribution in [0.5, 0.6) is 11.5 Å². The van der Waals surface area contributed by atoms with Crippen LogP contribution in [0, 0.1) is 17.8 Å². The van der Waals surface area contributed by atoms with E-state index >= 15 is 0 Å². The van der Waals surface area contributed by atoms with Crippen LogP contribution in [0.15, 0.2) is 279 Å². The van der Waals surface area contributed by atoms with Crippen molar-refractivity contribution >= 4 is 211 Å². The summed E-state index contributed by atoms with van der Waals surface area (Å²) in [6.45, 7) is 0.0411. The smallest absolute Gasteiger partial charge is 0.339 e. The van der Waals surface area contributed by atoms with Crippen LogP contribution in [0.25, 0.3) is 52.2 Å². The summed E-state index contributed by atoms with van der Waals surface area (Å²) in [5.74, 6) is -6.06. The molecular formula is C104H78Br2Cl3N5O17S5. The Balaban J connectivity index is 0.000000123. The van der Waals surface area contributed by atoms with Crippen molar-refractivity contribution in [2.24, 2.45) is 17.8 Å². The van der Waals surface area contributed by atoms with Crippen LogP contribution in [0.3, 0.4) is 0 Å². The number of ether oxygens (including phenoxy) is 2. The summed E-state index contributed by atoms with van der Waals surface area (Å²) < 4.78 is 13.1. The Labute approximate surface area is 830 Å². The van der Waals surface area contributed by atoms with E-state index in [1.54, 1.807) is 118 Å². The molecule has 6 heterocycles. The first-order chi connectivity index (χ1) is 65.6. The summed E-state index contributed by atoms with van der Waals surface area (Å²) in [4.78, 5) is 126. The number of benzene rings is 10. The molecule has 1 aliphatic heterocycles. The molecule has 10 N–H and O–H groups in total. The van der Waals surface area contributed by atoms with Gasteiger partial charge in [0.05, 0.1) is 58.7 Å². The molecular weight excluding hydrogens is 2020 g/mol. The van der Waals surface area contributed by atoms with Gasteiger partial charge in [0.2, 0.25) is 29.7 Å². The standard InChI is InChI=1S/C22H18BrNO3S.C21H16BrNO3S.C21H16ClNO3S.C20H14ClNO5S.C20H14ClNO3S/c23-17-9-7-14(8-10-17)20-19(22(26)27)18(12-28-20)24-21(25)16-6-5-13-3-1-2-4-15(13)11-16;2*22-16-7-5-12(6-8-16)19-18(21(25)26)17(11-27-19)23-20(24)15-9-13-3-1-2-4-14(13)10-15;21-12-7-5-11(6-8-12)18-17(20(24)25)13(10-28-18)22-19(23)16-9-26-14-3-1-2-4-15(14)27-16;21-13-7-5-11(6-8-13)18-17(20(24)25)16(10-26-18)22-19(23)15-9-12-3-1-2-4-14(12)15/h1-4,7-10,12,16H,5-6,11H2,(H,24,25)(H,26,27);2*1-8,11,15H,9-10H2,(H,23,24)(H,25,26);1-8,10,16H,9H2,(H,22,23)(H,24,25);1-8,10,15H,9H2,(H,22,23)(H,24,25). The molecule has 32 heteroatoms. The number of aromatic carboxylic acids is 5. The van der Waals surface area contributed by atoms with E-state index in [-0.39, 0.29) is 87.4 Å². The molecule has 4 aliphatic carbocycles. The predicted octanol–water partition coefficient (Wildman–Crippen LogP) is 25.6. The van der Waals surface area contributed by atoms with Crippen LogP contribution >= 0.6 is 123 Å². The third-order valence-electron chi connectivity index (χ3n) is 23.4. The van der Waals surface area contributed by atoms with Gasteiger partial charge >= 0.3 is 29.8 Å². The number of hydrogen-bond donors (Lipinski definition) is 10. The molecule has 22 nitrogen and oxygen atoms in total. The summed E-state index contributed by atoms with van der Waals surface area (Å²) in [6.07, 6.45) is 4.87. The molecule has 0 radical (unpaired) electrons. The highest BCUT2D eigenvalue weighted by Gasteiger charge is 2.37. The molecule has 5 amide bonds. The van der Waals surface area contributed by atoms with E-state index in [0.717, 1.165) is 49.6 Å². The third-order valence-corrected chi connectivity index (χ3v) is 30.3. The number of rotatable bonds is 20. The maximum atomic E-state index is 12.8. The number of carbonyl (C=O) groups is 10. The molecule has 5 aliphatic rings. The number of carbonyl (C=O) groups excluding carboxylic acids is 5. The van der Waals surface area contributed by atoms with Crippen molar-refractivity contribution in [3.8, 4) is 63.7 Å². The zero-order valence-electron chi connectivity index (χ0n) is 71.3. The molecule has 0 spiro atoms. The Bertz CT molecular complexity index is 6720. The van der Waals surface area contributed by atoms with E-state index in [4.69, 9.17) is 44.3 Å². The number of amides is 5. The topological polar surface area (TPSA) is 350 Å². The van der Waals surface area contributed by atoms with Gasteiger partial charge in [-0.3, -0.25) is 24.0 Å². The first kappa shape index (κ1) is 96.0. The second kappa shape index (κ2) is 43.2. The van der Waals surface area contributed by atoms with Gasteiger partial charge in [-0.05, 0) is 196 Å². The average molecular weight is 2100 g/mol. The van der Waals surface area contributed by atoms with Crippen molar-refractivity contribution in [1.29, 1.82) is 0 Å². The average Bonchev–Trinajstić information content (AvgIpc) is 1.01. The highest BCUT2D eigenvalue weighted by Crippen LogP contribution is 2.46. The van der Waals surface area contributed by atoms with Crippen LogP contribution in [-0.4, -0.2) is 97.6 Å². The number of fused-ring (bicyclic) bond motifs is 5. The summed E-state index contributed by atoms with van der Waals surface area (Å²) in [6, 6.07) is 74.8. The van der Waals surface area contributed by atoms with Gasteiger partial charge in [0.25, 0.3) is 5.91 Å². The van der Waals surface area contributed by atoms with E-state index in [1.807, 2.05) is 140 Å². The van der Waals surface area contributed by atoms with Gasteiger partial charge in [-0.2, -0.15) is 0 Å². The van der Waals surface area contributed by atoms with Gasteiger partial charge in [-0.15, -0.1) is 56.7 Å². The van der Waals surface area contributed by atoms with Crippen molar-refractivity contribution in [2.45, 2.75) is 63.4 Å². The molecule has 3 atom stereocenters. The number of thiophene rings is 5. The van der Waals surface area contributed by atoms with Gasteiger partial charge < -0.3 is 61.6 Å². The fourth-order valence-corrected chi connectivity index (χ4v) is 22.5. The maximum Gasteiger partial charge on any atom is 0.339 e. The molecule has 15 aromatic rings. The predicted molar refractivity (Wildman–Crippen MR) is 543 cm³/mol. The molecule has 10 aromatic carbocycles. The summed E-state index contributed by atoms with van der Waals surface area (Å²) >= 11 is 31.0. The number of carboxylic acids is 5. The number of hydrogen-bond acceptors (Lipinski definition) is 17. The molecule has 5 aromatic heterocycles. The van der Waals surface area contributed by atoms with E-state index in [9.17, 15) is 73.5 Å². The maximum absolute atomic E-state index is 12.8. The Hall–Kier alpha value is -13.2. The molecule has 686 valence electrons. The highest BCUT2D eigenvalue weighted by atomic mass is 79.9. The van der Waals surface area contributed by atoms with Crippen molar-refractivity contribution < 1.29 is 83.0 Å². The minimum atomic E-state index is -1.13. The largest absolute Gasteiger partial charge is 0.485 e. The highest BCUT2D eigenvalue weighted by molar-refractivity contribution is 9.10. The summed E-state index contributed by atoms with van der Waals surface area (Å²) in [5, 5.41) is 72.6. The van der Waals surface area contributed by atoms with Crippen LogP contribution < -0.4 is 36.1 Å². The van der Waals surface area contributed by atoms with Crippen LogP contribution in [-0.2, 0) is 68.9 Å². The second-order valence-electron chi connectivity index (χ2n) is 32.0. The van der Waals surface area contributed by atoms with E-state index in [0.29, 0.717) is 118 Å². The first-order valence-electron chi connectivity index (χ1n) is 42.4. The Morgan fingerprint density at radius 2 is 0.574 bits per heavy atom. The Kier molecular flexibility index (Phi) is 30.5. The van der Waals surface area contributed by atoms with Crippen molar-refractivity contribution in [2.75, 3.05) is 33.2 Å². The van der Waals surface area contributed by atoms with Crippen LogP contribution in [0.2, 0.25) is 15.1 Å². The minimum Gasteiger partial charge on any atom is -0.485 e. The monoisotopic (exact) mass is 2090 g/mol. The molecule has 3 unspecified atom stereocenters. The number of aryl methyl sites for hydroxylation is 1. The lowest BCUT2D eigenvalue weighted by Crippen LogP contribution is -2.40. The SMILES string of the molecule is O=C(O)c1c(NC(=O)C2CCc3ccccc3C2)csc1-c1ccc(Br)cc1.O=C(O)c1c(NC(=O)C2COc3ccccc3O2)csc1-c1ccc(Cl)cc1.O=C(O)c1c(NC(=O)C2Cc3ccccc32)csc1-c1ccc(Cl)cc1.O=C(O)c1c(NC(=O)C2Cc3ccccc3C2)csc1-c1ccc(Br)cc1.O=C(O)c1c(NC(=O)C2Cc3ccccc3C2)csc1-c1ccc(Cl)cc1. The Morgan fingerprint density at radius 1 is 0.301 bits per heavy atom. The van der Waals surface area contributed by atoms with Crippen LogP contribution in [0.4, 0.5) is 28.4 Å². The number of halogens is 5. The molecule has 0 saturated carbocycles. The number of nitrogens with one attached hydrogen (secondary N) is 5. The summed E-state index contributed by atoms with van der Waals surface area (Å²) in [5.41, 5.74) is 15.5. The fraction of sp³-hybridized carbons (Fsp3) is 0.135.